The Labute approximate surface area is 116 Å². The third kappa shape index (κ3) is 2.56. The molecule has 2 aromatic rings. The minimum absolute atomic E-state index is 0.151. The lowest BCUT2D eigenvalue weighted by molar-refractivity contribution is 0.0945. The van der Waals surface area contributed by atoms with Crippen molar-refractivity contribution < 1.29 is 4.79 Å². The Morgan fingerprint density at radius 3 is 3.11 bits per heavy atom. The summed E-state index contributed by atoms with van der Waals surface area (Å²) in [6.45, 7) is 2.60. The van der Waals surface area contributed by atoms with Crippen LogP contribution in [0, 0.1) is 12.8 Å². The molecule has 0 saturated heterocycles. The predicted octanol–water partition coefficient (Wildman–Crippen LogP) is 2.22. The molecular weight excluding hydrogens is 264 g/mol. The number of fused-ring (bicyclic) bond motifs is 1. The summed E-state index contributed by atoms with van der Waals surface area (Å²) in [7, 11) is 0. The zero-order valence-corrected chi connectivity index (χ0v) is 11.4. The first-order chi connectivity index (χ1) is 9.15. The molecular formula is C13H15ClN4O. The Balaban J connectivity index is 1.80. The molecule has 0 unspecified atom stereocenters. The maximum Gasteiger partial charge on any atom is 0.271 e. The number of amides is 1. The molecule has 1 fully saturated rings. The van der Waals surface area contributed by atoms with E-state index in [1.54, 1.807) is 6.07 Å². The summed E-state index contributed by atoms with van der Waals surface area (Å²) in [6, 6.07) is 1.73. The summed E-state index contributed by atoms with van der Waals surface area (Å²) in [6.07, 6.45) is 5.18. The monoisotopic (exact) mass is 278 g/mol. The highest BCUT2D eigenvalue weighted by atomic mass is 35.5. The minimum Gasteiger partial charge on any atom is -0.351 e. The first-order valence-electron chi connectivity index (χ1n) is 6.44. The van der Waals surface area contributed by atoms with Crippen LogP contribution in [0.5, 0.6) is 0 Å². The molecule has 2 heterocycles. The van der Waals surface area contributed by atoms with Crippen LogP contribution in [0.25, 0.3) is 5.65 Å². The zero-order chi connectivity index (χ0) is 13.4. The van der Waals surface area contributed by atoms with E-state index in [2.05, 4.69) is 15.4 Å². The van der Waals surface area contributed by atoms with Gasteiger partial charge in [0.15, 0.2) is 11.3 Å². The fraction of sp³-hybridized carbons (Fsp3) is 0.462. The summed E-state index contributed by atoms with van der Waals surface area (Å²) in [4.78, 5) is 16.3. The highest BCUT2D eigenvalue weighted by Gasteiger charge is 2.21. The molecule has 0 aliphatic heterocycles. The van der Waals surface area contributed by atoms with Gasteiger partial charge < -0.3 is 5.32 Å². The van der Waals surface area contributed by atoms with E-state index in [0.717, 1.165) is 17.9 Å². The Kier molecular flexibility index (Phi) is 3.14. The van der Waals surface area contributed by atoms with Gasteiger partial charge >= 0.3 is 0 Å². The first-order valence-corrected chi connectivity index (χ1v) is 6.82. The molecule has 2 aromatic heterocycles. The van der Waals surface area contributed by atoms with Crippen LogP contribution in [0.1, 0.15) is 35.3 Å². The number of hydrogen-bond donors (Lipinski definition) is 1. The van der Waals surface area contributed by atoms with Crippen LogP contribution in [0.3, 0.4) is 0 Å². The van der Waals surface area contributed by atoms with Crippen molar-refractivity contribution in [2.75, 3.05) is 6.54 Å². The number of imidazole rings is 1. The van der Waals surface area contributed by atoms with Gasteiger partial charge in [0.05, 0.1) is 6.20 Å². The van der Waals surface area contributed by atoms with E-state index in [1.807, 2.05) is 6.92 Å². The lowest BCUT2D eigenvalue weighted by Crippen LogP contribution is -2.26. The average molecular weight is 279 g/mol. The van der Waals surface area contributed by atoms with Crippen LogP contribution >= 0.6 is 11.6 Å². The number of carbonyl (C=O) groups excluding carboxylic acids is 1. The van der Waals surface area contributed by atoms with Crippen molar-refractivity contribution in [2.24, 2.45) is 5.92 Å². The van der Waals surface area contributed by atoms with E-state index in [-0.39, 0.29) is 5.91 Å². The zero-order valence-electron chi connectivity index (χ0n) is 10.7. The quantitative estimate of drug-likeness (QED) is 0.933. The molecule has 1 aliphatic carbocycles. The molecule has 0 radical (unpaired) electrons. The number of carbonyl (C=O) groups is 1. The molecule has 1 N–H and O–H groups in total. The lowest BCUT2D eigenvalue weighted by atomic mass is 10.3. The van der Waals surface area contributed by atoms with Crippen LogP contribution in [-0.2, 0) is 0 Å². The first kappa shape index (κ1) is 12.4. The number of rotatable bonds is 4. The van der Waals surface area contributed by atoms with Crippen molar-refractivity contribution in [3.05, 3.63) is 28.7 Å². The van der Waals surface area contributed by atoms with E-state index >= 15 is 0 Å². The van der Waals surface area contributed by atoms with Gasteiger partial charge in [-0.3, -0.25) is 4.79 Å². The van der Waals surface area contributed by atoms with Gasteiger partial charge in [-0.25, -0.2) is 9.50 Å². The Morgan fingerprint density at radius 2 is 2.37 bits per heavy atom. The summed E-state index contributed by atoms with van der Waals surface area (Å²) in [5.41, 5.74) is 1.99. The van der Waals surface area contributed by atoms with Crippen molar-refractivity contribution >= 4 is 23.2 Å². The van der Waals surface area contributed by atoms with Gasteiger partial charge in [0.25, 0.3) is 5.91 Å². The normalized spacial score (nSPS) is 14.8. The van der Waals surface area contributed by atoms with Gasteiger partial charge in [-0.2, -0.15) is 5.10 Å². The molecule has 0 bridgehead atoms. The van der Waals surface area contributed by atoms with Gasteiger partial charge in [0, 0.05) is 6.54 Å². The largest absolute Gasteiger partial charge is 0.351 e. The third-order valence-corrected chi connectivity index (χ3v) is 3.57. The topological polar surface area (TPSA) is 59.3 Å². The molecule has 5 nitrogen and oxygen atoms in total. The summed E-state index contributed by atoms with van der Waals surface area (Å²) >= 11 is 5.92. The second-order valence-corrected chi connectivity index (χ2v) is 5.40. The molecule has 1 aliphatic rings. The maximum atomic E-state index is 12.1. The molecule has 1 amide bonds. The molecule has 6 heteroatoms. The van der Waals surface area contributed by atoms with Gasteiger partial charge in [0.2, 0.25) is 0 Å². The number of hydrogen-bond acceptors (Lipinski definition) is 3. The molecule has 100 valence electrons. The molecule has 0 aromatic carbocycles. The fourth-order valence-corrected chi connectivity index (χ4v) is 2.36. The average Bonchev–Trinajstić information content (AvgIpc) is 3.07. The van der Waals surface area contributed by atoms with Crippen molar-refractivity contribution in [1.82, 2.24) is 19.9 Å². The molecule has 0 spiro atoms. The number of nitrogens with one attached hydrogen (secondary N) is 1. The van der Waals surface area contributed by atoms with Crippen LogP contribution in [0.15, 0.2) is 12.3 Å². The lowest BCUT2D eigenvalue weighted by Gasteiger charge is -2.04. The SMILES string of the molecule is Cc1cc(Cl)nn2c(C(=O)NCCC3CC3)cnc12. The van der Waals surface area contributed by atoms with Crippen molar-refractivity contribution in [2.45, 2.75) is 26.2 Å². The van der Waals surface area contributed by atoms with Crippen LogP contribution in [0.2, 0.25) is 5.15 Å². The number of halogens is 1. The van der Waals surface area contributed by atoms with Crippen LogP contribution < -0.4 is 5.32 Å². The predicted molar refractivity (Wildman–Crippen MR) is 72.4 cm³/mol. The standard InChI is InChI=1S/C13H15ClN4O/c1-8-6-11(14)17-18-10(7-16-12(8)18)13(19)15-5-4-9-2-3-9/h6-7,9H,2-5H2,1H3,(H,15,19). The Morgan fingerprint density at radius 1 is 1.58 bits per heavy atom. The second kappa shape index (κ2) is 4.81. The van der Waals surface area contributed by atoms with E-state index in [1.165, 1.54) is 23.6 Å². The highest BCUT2D eigenvalue weighted by molar-refractivity contribution is 6.29. The minimum atomic E-state index is -0.151. The number of aryl methyl sites for hydroxylation is 1. The van der Waals surface area contributed by atoms with Crippen LogP contribution in [-0.4, -0.2) is 27.0 Å². The Hall–Kier alpha value is -1.62. The second-order valence-electron chi connectivity index (χ2n) is 5.02. The van der Waals surface area contributed by atoms with Crippen molar-refractivity contribution in [3.8, 4) is 0 Å². The summed E-state index contributed by atoms with van der Waals surface area (Å²) < 4.78 is 1.50. The van der Waals surface area contributed by atoms with Gasteiger partial charge in [-0.15, -0.1) is 0 Å². The molecule has 1 saturated carbocycles. The summed E-state index contributed by atoms with van der Waals surface area (Å²) in [5.74, 6) is 0.652. The van der Waals surface area contributed by atoms with E-state index in [9.17, 15) is 4.79 Å². The van der Waals surface area contributed by atoms with Crippen molar-refractivity contribution in [3.63, 3.8) is 0 Å². The molecule has 19 heavy (non-hydrogen) atoms. The molecule has 0 atom stereocenters. The number of aromatic nitrogens is 3. The van der Waals surface area contributed by atoms with Gasteiger partial charge in [-0.1, -0.05) is 24.4 Å². The summed E-state index contributed by atoms with van der Waals surface area (Å²) in [5, 5.41) is 7.39. The molecule has 3 rings (SSSR count). The van der Waals surface area contributed by atoms with Gasteiger partial charge in [-0.05, 0) is 30.9 Å². The smallest absolute Gasteiger partial charge is 0.271 e. The van der Waals surface area contributed by atoms with E-state index < -0.39 is 0 Å². The number of nitrogens with zero attached hydrogens (tertiary/aromatic N) is 3. The van der Waals surface area contributed by atoms with Crippen LogP contribution in [0.4, 0.5) is 0 Å². The van der Waals surface area contributed by atoms with Gasteiger partial charge in [0.1, 0.15) is 5.15 Å². The third-order valence-electron chi connectivity index (χ3n) is 3.39. The Bertz CT molecular complexity index is 633. The van der Waals surface area contributed by atoms with Crippen molar-refractivity contribution in [1.29, 1.82) is 0 Å². The van der Waals surface area contributed by atoms with E-state index in [4.69, 9.17) is 11.6 Å². The maximum absolute atomic E-state index is 12.1. The van der Waals surface area contributed by atoms with E-state index in [0.29, 0.717) is 23.0 Å². The fourth-order valence-electron chi connectivity index (χ4n) is 2.13. The highest BCUT2D eigenvalue weighted by Crippen LogP contribution is 2.31.